The number of ether oxygens (including phenoxy) is 1. The van der Waals surface area contributed by atoms with Gasteiger partial charge in [-0.3, -0.25) is 4.90 Å². The lowest BCUT2D eigenvalue weighted by atomic mass is 9.86. The van der Waals surface area contributed by atoms with E-state index >= 15 is 0 Å². The van der Waals surface area contributed by atoms with Crippen LogP contribution in [0.1, 0.15) is 35.8 Å². The molecule has 0 radical (unpaired) electrons. The van der Waals surface area contributed by atoms with Gasteiger partial charge in [0.2, 0.25) is 0 Å². The van der Waals surface area contributed by atoms with Gasteiger partial charge in [-0.25, -0.2) is 0 Å². The molecule has 132 valence electrons. The molecule has 2 aromatic rings. The smallest absolute Gasteiger partial charge is 0.122 e. The molecule has 0 saturated carbocycles. The molecule has 24 heavy (non-hydrogen) atoms. The van der Waals surface area contributed by atoms with Gasteiger partial charge in [0, 0.05) is 17.5 Å². The summed E-state index contributed by atoms with van der Waals surface area (Å²) in [7, 11) is 1.78. The zero-order chi connectivity index (χ0) is 16.1. The van der Waals surface area contributed by atoms with Crippen LogP contribution in [-0.2, 0) is 19.3 Å². The highest BCUT2D eigenvalue weighted by Crippen LogP contribution is 2.31. The minimum Gasteiger partial charge on any atom is -0.496 e. The molecule has 0 fully saturated rings. The first kappa shape index (κ1) is 19.3. The molecule has 0 unspecified atom stereocenters. The Morgan fingerprint density at radius 3 is 2.79 bits per heavy atom. The van der Waals surface area contributed by atoms with Gasteiger partial charge in [0.1, 0.15) is 5.75 Å². The summed E-state index contributed by atoms with van der Waals surface area (Å²) in [6.07, 6.45) is 5.96. The predicted octanol–water partition coefficient (Wildman–Crippen LogP) is 4.99. The second-order valence-electron chi connectivity index (χ2n) is 6.36. The first-order valence-electron chi connectivity index (χ1n) is 8.73. The van der Waals surface area contributed by atoms with E-state index < -0.39 is 0 Å². The Morgan fingerprint density at radius 2 is 2.08 bits per heavy atom. The molecule has 1 aromatic carbocycles. The summed E-state index contributed by atoms with van der Waals surface area (Å²) in [4.78, 5) is 4.21. The lowest BCUT2D eigenvalue weighted by Crippen LogP contribution is -2.41. The summed E-state index contributed by atoms with van der Waals surface area (Å²) in [6.45, 7) is 4.67. The Morgan fingerprint density at radius 1 is 1.21 bits per heavy atom. The summed E-state index contributed by atoms with van der Waals surface area (Å²) in [5.41, 5.74) is 2.92. The Hall–Kier alpha value is -1.03. The van der Waals surface area contributed by atoms with Gasteiger partial charge >= 0.3 is 0 Å². The van der Waals surface area contributed by atoms with Gasteiger partial charge in [0.25, 0.3) is 0 Å². The van der Waals surface area contributed by atoms with Crippen LogP contribution < -0.4 is 4.74 Å². The number of hydrogen-bond donors (Lipinski definition) is 0. The van der Waals surface area contributed by atoms with Crippen LogP contribution in [-0.4, -0.2) is 31.1 Å². The molecular weight excluding hydrogens is 338 g/mol. The van der Waals surface area contributed by atoms with Crippen LogP contribution in [0.25, 0.3) is 0 Å². The Bertz CT molecular complexity index is 614. The molecule has 0 saturated heterocycles. The molecule has 0 aliphatic heterocycles. The fourth-order valence-electron chi connectivity index (χ4n) is 3.73. The van der Waals surface area contributed by atoms with Crippen molar-refractivity contribution in [2.45, 2.75) is 45.1 Å². The number of nitrogens with zero attached hydrogens (tertiary/aromatic N) is 1. The third-order valence-corrected chi connectivity index (χ3v) is 5.82. The summed E-state index contributed by atoms with van der Waals surface area (Å²) in [5, 5.41) is 2.18. The van der Waals surface area contributed by atoms with Gasteiger partial charge < -0.3 is 4.74 Å². The van der Waals surface area contributed by atoms with E-state index in [1.807, 2.05) is 11.3 Å². The average Bonchev–Trinajstić information content (AvgIpc) is 3.11. The Balaban J connectivity index is 0.00000208. The highest BCUT2D eigenvalue weighted by atomic mass is 35.5. The van der Waals surface area contributed by atoms with Crippen LogP contribution in [0.15, 0.2) is 35.7 Å². The largest absolute Gasteiger partial charge is 0.496 e. The minimum atomic E-state index is 0. The molecule has 0 amide bonds. The normalized spacial score (nSPS) is 16.5. The van der Waals surface area contributed by atoms with Crippen LogP contribution >= 0.6 is 23.7 Å². The van der Waals surface area contributed by atoms with Gasteiger partial charge in [-0.05, 0) is 67.3 Å². The maximum absolute atomic E-state index is 5.54. The number of rotatable bonds is 7. The second-order valence-corrected chi connectivity index (χ2v) is 7.39. The first-order valence-corrected chi connectivity index (χ1v) is 9.61. The van der Waals surface area contributed by atoms with Crippen molar-refractivity contribution >= 4 is 23.7 Å². The van der Waals surface area contributed by atoms with E-state index in [0.717, 1.165) is 18.6 Å². The molecule has 3 rings (SSSR count). The van der Waals surface area contributed by atoms with Crippen LogP contribution in [0, 0.1) is 0 Å². The van der Waals surface area contributed by atoms with E-state index in [2.05, 4.69) is 47.5 Å². The van der Waals surface area contributed by atoms with Gasteiger partial charge in [-0.15, -0.1) is 23.7 Å². The van der Waals surface area contributed by atoms with Crippen LogP contribution in [0.3, 0.4) is 0 Å². The minimum absolute atomic E-state index is 0. The van der Waals surface area contributed by atoms with E-state index in [-0.39, 0.29) is 12.4 Å². The monoisotopic (exact) mass is 365 g/mol. The van der Waals surface area contributed by atoms with E-state index in [1.54, 1.807) is 7.11 Å². The molecule has 1 heterocycles. The molecule has 2 nitrogen and oxygen atoms in total. The molecule has 1 aliphatic carbocycles. The topological polar surface area (TPSA) is 12.5 Å². The molecule has 0 spiro atoms. The van der Waals surface area contributed by atoms with E-state index in [1.165, 1.54) is 48.4 Å². The van der Waals surface area contributed by atoms with Gasteiger partial charge in [0.05, 0.1) is 7.11 Å². The third kappa shape index (κ3) is 4.53. The highest BCUT2D eigenvalue weighted by molar-refractivity contribution is 7.09. The fourth-order valence-corrected chi connectivity index (χ4v) is 4.43. The molecule has 1 aromatic heterocycles. The zero-order valence-corrected chi connectivity index (χ0v) is 16.3. The van der Waals surface area contributed by atoms with Crippen molar-refractivity contribution in [2.24, 2.45) is 0 Å². The van der Waals surface area contributed by atoms with E-state index in [0.29, 0.717) is 6.04 Å². The van der Waals surface area contributed by atoms with Gasteiger partial charge in [0.15, 0.2) is 0 Å². The van der Waals surface area contributed by atoms with Crippen molar-refractivity contribution < 1.29 is 4.74 Å². The Labute approximate surface area is 156 Å². The number of halogens is 1. The summed E-state index contributed by atoms with van der Waals surface area (Å²) in [5.74, 6) is 1.07. The average molecular weight is 366 g/mol. The molecule has 0 bridgehead atoms. The number of hydrogen-bond acceptors (Lipinski definition) is 3. The quantitative estimate of drug-likeness (QED) is 0.685. The third-order valence-electron chi connectivity index (χ3n) is 4.89. The second kappa shape index (κ2) is 9.45. The lowest BCUT2D eigenvalue weighted by Gasteiger charge is -2.35. The predicted molar refractivity (Wildman–Crippen MR) is 106 cm³/mol. The Kier molecular flexibility index (Phi) is 7.60. The molecule has 0 N–H and O–H groups in total. The summed E-state index contributed by atoms with van der Waals surface area (Å²) < 4.78 is 5.54. The number of fused-ring (bicyclic) bond motifs is 1. The molecule has 4 heteroatoms. The zero-order valence-electron chi connectivity index (χ0n) is 14.7. The fraction of sp³-hybridized carbons (Fsp3) is 0.500. The van der Waals surface area contributed by atoms with Crippen molar-refractivity contribution in [1.82, 2.24) is 4.90 Å². The standard InChI is InChI=1S/C20H27NOS.ClH/c1-3-12-21(13-11-18-7-5-14-23-18)17-9-10-19-16(15-17)6-4-8-20(19)22-2;/h4-8,14,17H,3,9-13,15H2,1-2H3;1H/t17-;/m0./s1. The maximum atomic E-state index is 5.54. The van der Waals surface area contributed by atoms with Gasteiger partial charge in [-0.2, -0.15) is 0 Å². The van der Waals surface area contributed by atoms with Crippen molar-refractivity contribution in [2.75, 3.05) is 20.2 Å². The van der Waals surface area contributed by atoms with Crippen LogP contribution in [0.5, 0.6) is 5.75 Å². The van der Waals surface area contributed by atoms with Gasteiger partial charge in [-0.1, -0.05) is 25.1 Å². The van der Waals surface area contributed by atoms with Crippen molar-refractivity contribution in [3.63, 3.8) is 0 Å². The summed E-state index contributed by atoms with van der Waals surface area (Å²) >= 11 is 1.88. The lowest BCUT2D eigenvalue weighted by molar-refractivity contribution is 0.181. The SMILES string of the molecule is CCCN(CCc1cccs1)[C@H]1CCc2c(cccc2OC)C1.Cl. The van der Waals surface area contributed by atoms with Crippen LogP contribution in [0.2, 0.25) is 0 Å². The molecule has 1 atom stereocenters. The number of methoxy groups -OCH3 is 1. The summed E-state index contributed by atoms with van der Waals surface area (Å²) in [6, 6.07) is 11.6. The van der Waals surface area contributed by atoms with E-state index in [9.17, 15) is 0 Å². The molecule has 1 aliphatic rings. The van der Waals surface area contributed by atoms with Crippen LogP contribution in [0.4, 0.5) is 0 Å². The highest BCUT2D eigenvalue weighted by Gasteiger charge is 2.25. The van der Waals surface area contributed by atoms with Crippen molar-refractivity contribution in [1.29, 1.82) is 0 Å². The molecular formula is C20H28ClNOS. The van der Waals surface area contributed by atoms with Crippen molar-refractivity contribution in [3.05, 3.63) is 51.7 Å². The van der Waals surface area contributed by atoms with E-state index in [4.69, 9.17) is 4.74 Å². The van der Waals surface area contributed by atoms with Crippen molar-refractivity contribution in [3.8, 4) is 5.75 Å². The maximum Gasteiger partial charge on any atom is 0.122 e. The number of thiophene rings is 1. The number of benzene rings is 1. The first-order chi connectivity index (χ1) is 11.3.